The van der Waals surface area contributed by atoms with Gasteiger partial charge in [0.15, 0.2) is 15.0 Å². The molecule has 3 aromatic carbocycles. The van der Waals surface area contributed by atoms with Gasteiger partial charge in [0.05, 0.1) is 10.6 Å². The summed E-state index contributed by atoms with van der Waals surface area (Å²) in [6, 6.07) is 24.3. The number of ketones is 1. The zero-order valence-electron chi connectivity index (χ0n) is 17.7. The Morgan fingerprint density at radius 2 is 1.48 bits per heavy atom. The maximum absolute atomic E-state index is 13.1. The van der Waals surface area contributed by atoms with Crippen molar-refractivity contribution in [1.29, 1.82) is 0 Å². The van der Waals surface area contributed by atoms with Crippen LogP contribution in [-0.4, -0.2) is 30.8 Å². The molecule has 0 saturated carbocycles. The Morgan fingerprint density at radius 3 is 2.12 bits per heavy atom. The Bertz CT molecular complexity index is 1400. The number of hydrogen-bond donors (Lipinski definition) is 1. The van der Waals surface area contributed by atoms with E-state index in [1.807, 2.05) is 43.3 Å². The molecule has 0 saturated heterocycles. The molecule has 166 valence electrons. The Kier molecular flexibility index (Phi) is 6.48. The largest absolute Gasteiger partial charge is 0.301 e. The topological polar surface area (TPSA) is 93.2 Å². The Labute approximate surface area is 195 Å². The van der Waals surface area contributed by atoms with E-state index in [-0.39, 0.29) is 15.8 Å². The minimum Gasteiger partial charge on any atom is -0.301 e. The van der Waals surface area contributed by atoms with E-state index in [4.69, 9.17) is 0 Å². The van der Waals surface area contributed by atoms with Gasteiger partial charge in [-0.2, -0.15) is 0 Å². The summed E-state index contributed by atoms with van der Waals surface area (Å²) in [6.45, 7) is 1.85. The summed E-state index contributed by atoms with van der Waals surface area (Å²) in [5.41, 5.74) is 2.58. The monoisotopic (exact) mass is 476 g/mol. The highest BCUT2D eigenvalue weighted by Crippen LogP contribution is 2.33. The molecule has 0 bridgehead atoms. The molecule has 6 nitrogen and oxygen atoms in total. The fourth-order valence-electron chi connectivity index (χ4n) is 3.20. The van der Waals surface area contributed by atoms with Gasteiger partial charge in [-0.25, -0.2) is 13.4 Å². The molecule has 1 aromatic heterocycles. The van der Waals surface area contributed by atoms with Gasteiger partial charge in [-0.3, -0.25) is 9.59 Å². The summed E-state index contributed by atoms with van der Waals surface area (Å²) in [7, 11) is -3.81. The lowest BCUT2D eigenvalue weighted by Crippen LogP contribution is -2.23. The quantitative estimate of drug-likeness (QED) is 0.388. The minimum absolute atomic E-state index is 0.0762. The minimum atomic E-state index is -3.81. The van der Waals surface area contributed by atoms with E-state index >= 15 is 0 Å². The summed E-state index contributed by atoms with van der Waals surface area (Å²) in [5, 5.41) is 2.72. The molecule has 1 N–H and O–H groups in total. The number of anilines is 1. The van der Waals surface area contributed by atoms with Crippen LogP contribution < -0.4 is 5.32 Å². The lowest BCUT2D eigenvalue weighted by Gasteiger charge is -2.05. The van der Waals surface area contributed by atoms with Gasteiger partial charge < -0.3 is 5.32 Å². The molecule has 1 heterocycles. The molecule has 4 aromatic rings. The first-order chi connectivity index (χ1) is 15.8. The van der Waals surface area contributed by atoms with Crippen LogP contribution in [0.5, 0.6) is 0 Å². The standard InChI is InChI=1S/C25H20N2O4S2/c1-17-12-14-20(15-13-17)33(30,31)16-21(28)26-25-27-22(18-8-4-2-5-9-18)24(32-25)23(29)19-10-6-3-7-11-19/h2-15H,16H2,1H3,(H,26,27,28). The summed E-state index contributed by atoms with van der Waals surface area (Å²) in [5.74, 6) is -1.67. The molecule has 0 atom stereocenters. The van der Waals surface area contributed by atoms with Crippen molar-refractivity contribution in [1.82, 2.24) is 4.98 Å². The second kappa shape index (κ2) is 9.48. The highest BCUT2D eigenvalue weighted by atomic mass is 32.2. The molecule has 0 aliphatic carbocycles. The van der Waals surface area contributed by atoms with Crippen molar-refractivity contribution in [2.24, 2.45) is 0 Å². The molecular weight excluding hydrogens is 456 g/mol. The van der Waals surface area contributed by atoms with Gasteiger partial charge in [-0.1, -0.05) is 89.7 Å². The molecule has 0 aliphatic heterocycles. The van der Waals surface area contributed by atoms with Crippen LogP contribution in [0.3, 0.4) is 0 Å². The van der Waals surface area contributed by atoms with Gasteiger partial charge in [0.1, 0.15) is 10.6 Å². The molecule has 0 radical (unpaired) electrons. The lowest BCUT2D eigenvalue weighted by atomic mass is 10.1. The number of thiazole rings is 1. The zero-order chi connectivity index (χ0) is 23.4. The van der Waals surface area contributed by atoms with Crippen LogP contribution in [0.2, 0.25) is 0 Å². The number of aryl methyl sites for hydroxylation is 1. The second-order valence-electron chi connectivity index (χ2n) is 7.38. The molecule has 4 rings (SSSR count). The van der Waals surface area contributed by atoms with E-state index in [2.05, 4.69) is 10.3 Å². The van der Waals surface area contributed by atoms with Crippen LogP contribution in [-0.2, 0) is 14.6 Å². The first kappa shape index (κ1) is 22.6. The second-order valence-corrected chi connectivity index (χ2v) is 10.4. The number of sulfone groups is 1. The molecule has 0 fully saturated rings. The third-order valence-corrected chi connectivity index (χ3v) is 7.47. The highest BCUT2D eigenvalue weighted by Gasteiger charge is 2.24. The van der Waals surface area contributed by atoms with Crippen LogP contribution >= 0.6 is 11.3 Å². The number of aromatic nitrogens is 1. The Morgan fingerprint density at radius 1 is 0.879 bits per heavy atom. The average Bonchev–Trinajstić information content (AvgIpc) is 3.23. The smallest absolute Gasteiger partial charge is 0.241 e. The van der Waals surface area contributed by atoms with Crippen LogP contribution in [0, 0.1) is 6.92 Å². The summed E-state index contributed by atoms with van der Waals surface area (Å²) in [6.07, 6.45) is 0. The number of benzene rings is 3. The molecule has 1 amide bonds. The van der Waals surface area contributed by atoms with Crippen molar-refractivity contribution in [2.45, 2.75) is 11.8 Å². The molecule has 33 heavy (non-hydrogen) atoms. The van der Waals surface area contributed by atoms with Crippen molar-refractivity contribution >= 4 is 38.0 Å². The third-order valence-electron chi connectivity index (χ3n) is 4.86. The van der Waals surface area contributed by atoms with E-state index < -0.39 is 21.5 Å². The van der Waals surface area contributed by atoms with Crippen molar-refractivity contribution < 1.29 is 18.0 Å². The molecule has 8 heteroatoms. The average molecular weight is 477 g/mol. The number of rotatable bonds is 7. The Hall–Kier alpha value is -3.62. The molecule has 0 aliphatic rings. The molecular formula is C25H20N2O4S2. The summed E-state index contributed by atoms with van der Waals surface area (Å²) in [4.78, 5) is 30.6. The highest BCUT2D eigenvalue weighted by molar-refractivity contribution is 7.92. The maximum atomic E-state index is 13.1. The number of nitrogens with one attached hydrogen (secondary N) is 1. The maximum Gasteiger partial charge on any atom is 0.241 e. The third kappa shape index (κ3) is 5.24. The number of carbonyl (C=O) groups is 2. The van der Waals surface area contributed by atoms with Gasteiger partial charge in [-0.05, 0) is 19.1 Å². The summed E-state index contributed by atoms with van der Waals surface area (Å²) < 4.78 is 25.2. The fraction of sp³-hybridized carbons (Fsp3) is 0.0800. The zero-order valence-corrected chi connectivity index (χ0v) is 19.3. The van der Waals surface area contributed by atoms with E-state index in [9.17, 15) is 18.0 Å². The molecule has 0 unspecified atom stereocenters. The number of hydrogen-bond acceptors (Lipinski definition) is 6. The van der Waals surface area contributed by atoms with E-state index in [1.54, 1.807) is 36.4 Å². The normalized spacial score (nSPS) is 11.2. The first-order valence-corrected chi connectivity index (χ1v) is 12.6. The van der Waals surface area contributed by atoms with Crippen molar-refractivity contribution in [3.05, 3.63) is 101 Å². The van der Waals surface area contributed by atoms with Gasteiger partial charge in [0.25, 0.3) is 0 Å². The van der Waals surface area contributed by atoms with Gasteiger partial charge >= 0.3 is 0 Å². The molecule has 0 spiro atoms. The van der Waals surface area contributed by atoms with Crippen LogP contribution in [0.25, 0.3) is 11.3 Å². The predicted octanol–water partition coefficient (Wildman–Crippen LogP) is 4.76. The summed E-state index contributed by atoms with van der Waals surface area (Å²) >= 11 is 1.02. The van der Waals surface area contributed by atoms with Crippen LogP contribution in [0.1, 0.15) is 20.8 Å². The number of amides is 1. The SMILES string of the molecule is Cc1ccc(S(=O)(=O)CC(=O)Nc2nc(-c3ccccc3)c(C(=O)c3ccccc3)s2)cc1. The van der Waals surface area contributed by atoms with Gasteiger partial charge in [0.2, 0.25) is 11.7 Å². The Balaban J connectivity index is 1.62. The number of carbonyl (C=O) groups excluding carboxylic acids is 2. The van der Waals surface area contributed by atoms with Crippen molar-refractivity contribution in [2.75, 3.05) is 11.1 Å². The number of nitrogens with zero attached hydrogens (tertiary/aromatic N) is 1. The van der Waals surface area contributed by atoms with Crippen molar-refractivity contribution in [3.63, 3.8) is 0 Å². The predicted molar refractivity (Wildman–Crippen MR) is 129 cm³/mol. The van der Waals surface area contributed by atoms with Crippen LogP contribution in [0.4, 0.5) is 5.13 Å². The fourth-order valence-corrected chi connectivity index (χ4v) is 5.30. The van der Waals surface area contributed by atoms with E-state index in [1.165, 1.54) is 12.1 Å². The van der Waals surface area contributed by atoms with Crippen molar-refractivity contribution in [3.8, 4) is 11.3 Å². The van der Waals surface area contributed by atoms with Gasteiger partial charge in [0, 0.05) is 11.1 Å². The van der Waals surface area contributed by atoms with E-state index in [0.29, 0.717) is 16.1 Å². The van der Waals surface area contributed by atoms with Crippen LogP contribution in [0.15, 0.2) is 89.8 Å². The lowest BCUT2D eigenvalue weighted by molar-refractivity contribution is -0.113. The van der Waals surface area contributed by atoms with Gasteiger partial charge in [-0.15, -0.1) is 0 Å². The van der Waals surface area contributed by atoms with E-state index in [0.717, 1.165) is 22.5 Å². The first-order valence-electron chi connectivity index (χ1n) is 10.1.